The van der Waals surface area contributed by atoms with E-state index in [0.29, 0.717) is 24.3 Å². The number of carbonyl (C=O) groups is 1. The van der Waals surface area contributed by atoms with E-state index < -0.39 is 23.6 Å². The van der Waals surface area contributed by atoms with E-state index in [4.69, 9.17) is 9.47 Å². The number of nitrogens with zero attached hydrogens (tertiary/aromatic N) is 1. The van der Waals surface area contributed by atoms with Crippen molar-refractivity contribution < 1.29 is 14.3 Å². The van der Waals surface area contributed by atoms with Gasteiger partial charge in [0.15, 0.2) is 0 Å². The van der Waals surface area contributed by atoms with Gasteiger partial charge >= 0.3 is 11.7 Å². The quantitative estimate of drug-likeness (QED) is 0.672. The van der Waals surface area contributed by atoms with Gasteiger partial charge < -0.3 is 14.8 Å². The Labute approximate surface area is 113 Å². The maximum absolute atomic E-state index is 12.0. The van der Waals surface area contributed by atoms with Crippen molar-refractivity contribution in [3.63, 3.8) is 0 Å². The SMILES string of the molecule is CC(=O)O[C@H]1C[C@H]2O[C@@H]1CNc1c(C)c(=O)[nH]c(=O)n12. The molecule has 3 rings (SSSR count). The molecule has 2 aliphatic heterocycles. The highest BCUT2D eigenvalue weighted by molar-refractivity contribution is 5.66. The number of hydrogen-bond acceptors (Lipinski definition) is 6. The second-order valence-corrected chi connectivity index (χ2v) is 5.00. The topological polar surface area (TPSA) is 102 Å². The molecule has 8 heteroatoms. The number of rotatable bonds is 1. The van der Waals surface area contributed by atoms with E-state index in [2.05, 4.69) is 10.3 Å². The van der Waals surface area contributed by atoms with Crippen LogP contribution in [0.5, 0.6) is 0 Å². The molecule has 3 atom stereocenters. The first-order valence-corrected chi connectivity index (χ1v) is 6.39. The van der Waals surface area contributed by atoms with E-state index in [-0.39, 0.29) is 12.1 Å². The predicted molar refractivity (Wildman–Crippen MR) is 68.6 cm³/mol. The Morgan fingerprint density at radius 3 is 2.90 bits per heavy atom. The number of H-pyrrole nitrogens is 1. The Morgan fingerprint density at radius 1 is 1.45 bits per heavy atom. The summed E-state index contributed by atoms with van der Waals surface area (Å²) in [4.78, 5) is 36.9. The number of ether oxygens (including phenoxy) is 2. The van der Waals surface area contributed by atoms with Crippen molar-refractivity contribution in [1.29, 1.82) is 0 Å². The minimum absolute atomic E-state index is 0.335. The zero-order chi connectivity index (χ0) is 14.4. The molecule has 2 N–H and O–H groups in total. The summed E-state index contributed by atoms with van der Waals surface area (Å²) in [6, 6.07) is 0. The summed E-state index contributed by atoms with van der Waals surface area (Å²) in [5.74, 6) is 0.0857. The van der Waals surface area contributed by atoms with Gasteiger partial charge in [0, 0.05) is 19.9 Å². The zero-order valence-corrected chi connectivity index (χ0v) is 11.1. The van der Waals surface area contributed by atoms with Gasteiger partial charge in [0.05, 0.1) is 5.56 Å². The Balaban J connectivity index is 2.03. The van der Waals surface area contributed by atoms with Crippen LogP contribution in [0.1, 0.15) is 25.1 Å². The van der Waals surface area contributed by atoms with Crippen molar-refractivity contribution in [2.45, 2.75) is 38.7 Å². The van der Waals surface area contributed by atoms with Gasteiger partial charge in [-0.15, -0.1) is 0 Å². The number of aromatic amines is 1. The molecule has 108 valence electrons. The third kappa shape index (κ3) is 1.92. The number of hydrogen-bond donors (Lipinski definition) is 2. The van der Waals surface area contributed by atoms with Crippen LogP contribution in [0.3, 0.4) is 0 Å². The molecule has 1 saturated heterocycles. The fraction of sp³-hybridized carbons (Fsp3) is 0.583. The molecule has 1 aromatic heterocycles. The van der Waals surface area contributed by atoms with Crippen LogP contribution < -0.4 is 16.6 Å². The normalized spacial score (nSPS) is 27.4. The molecule has 1 aromatic rings. The minimum Gasteiger partial charge on any atom is -0.460 e. The van der Waals surface area contributed by atoms with Crippen LogP contribution in [-0.2, 0) is 14.3 Å². The van der Waals surface area contributed by atoms with Crippen LogP contribution in [0.15, 0.2) is 9.59 Å². The molecule has 0 saturated carbocycles. The number of carbonyl (C=O) groups excluding carboxylic acids is 1. The van der Waals surface area contributed by atoms with Gasteiger partial charge in [-0.1, -0.05) is 0 Å². The number of esters is 1. The number of anilines is 1. The minimum atomic E-state index is -0.544. The van der Waals surface area contributed by atoms with Gasteiger partial charge in [0.25, 0.3) is 5.56 Å². The van der Waals surface area contributed by atoms with Gasteiger partial charge in [-0.3, -0.25) is 19.1 Å². The monoisotopic (exact) mass is 281 g/mol. The lowest BCUT2D eigenvalue weighted by Crippen LogP contribution is -2.37. The largest absolute Gasteiger partial charge is 0.460 e. The molecule has 0 aromatic carbocycles. The van der Waals surface area contributed by atoms with Crippen LogP contribution in [-0.4, -0.2) is 34.3 Å². The summed E-state index contributed by atoms with van der Waals surface area (Å²) < 4.78 is 12.3. The molecule has 20 heavy (non-hydrogen) atoms. The Hall–Kier alpha value is -2.09. The van der Waals surface area contributed by atoms with Crippen molar-refractivity contribution in [3.8, 4) is 0 Å². The third-order valence-electron chi connectivity index (χ3n) is 3.63. The fourth-order valence-corrected chi connectivity index (χ4v) is 2.71. The van der Waals surface area contributed by atoms with Gasteiger partial charge in [-0.25, -0.2) is 4.79 Å². The van der Waals surface area contributed by atoms with Crippen molar-refractivity contribution in [1.82, 2.24) is 9.55 Å². The lowest BCUT2D eigenvalue weighted by molar-refractivity contribution is -0.148. The summed E-state index contributed by atoms with van der Waals surface area (Å²) >= 11 is 0. The molecular formula is C12H15N3O5. The maximum Gasteiger partial charge on any atom is 0.332 e. The predicted octanol–water partition coefficient (Wildman–Crippen LogP) is -0.510. The highest BCUT2D eigenvalue weighted by Crippen LogP contribution is 2.34. The molecule has 0 amide bonds. The molecular weight excluding hydrogens is 266 g/mol. The lowest BCUT2D eigenvalue weighted by Gasteiger charge is -2.21. The highest BCUT2D eigenvalue weighted by Gasteiger charge is 2.42. The van der Waals surface area contributed by atoms with Gasteiger partial charge in [0.2, 0.25) is 0 Å². The third-order valence-corrected chi connectivity index (χ3v) is 3.63. The van der Waals surface area contributed by atoms with E-state index >= 15 is 0 Å². The highest BCUT2D eigenvalue weighted by atomic mass is 16.6. The number of fused-ring (bicyclic) bond motifs is 4. The standard InChI is InChI=1S/C12H15N3O5/c1-5-10-13-4-8-7(19-6(2)16)3-9(20-8)15(10)12(18)14-11(5)17/h7-9,13H,3-4H2,1-2H3,(H,14,17,18)/t7-,8+,9+/m0/s1. The maximum atomic E-state index is 12.0. The summed E-state index contributed by atoms with van der Waals surface area (Å²) in [6.07, 6.45) is -0.878. The molecule has 0 spiro atoms. The summed E-state index contributed by atoms with van der Waals surface area (Å²) in [5.41, 5.74) is -0.509. The summed E-state index contributed by atoms with van der Waals surface area (Å²) in [7, 11) is 0. The average Bonchev–Trinajstić information content (AvgIpc) is 2.62. The van der Waals surface area contributed by atoms with Crippen LogP contribution >= 0.6 is 0 Å². The molecule has 1 fully saturated rings. The van der Waals surface area contributed by atoms with Crippen LogP contribution in [0, 0.1) is 6.92 Å². The number of aromatic nitrogens is 2. The molecule has 0 unspecified atom stereocenters. The first kappa shape index (κ1) is 12.9. The van der Waals surface area contributed by atoms with E-state index in [9.17, 15) is 14.4 Å². The second-order valence-electron chi connectivity index (χ2n) is 5.00. The van der Waals surface area contributed by atoms with Crippen molar-refractivity contribution >= 4 is 11.8 Å². The molecule has 3 heterocycles. The molecule has 0 radical (unpaired) electrons. The van der Waals surface area contributed by atoms with Crippen LogP contribution in [0.2, 0.25) is 0 Å². The van der Waals surface area contributed by atoms with E-state index in [0.717, 1.165) is 0 Å². The Bertz CT molecular complexity index is 677. The van der Waals surface area contributed by atoms with Crippen molar-refractivity contribution in [3.05, 3.63) is 26.4 Å². The van der Waals surface area contributed by atoms with Crippen LogP contribution in [0.4, 0.5) is 5.82 Å². The Morgan fingerprint density at radius 2 is 2.20 bits per heavy atom. The van der Waals surface area contributed by atoms with Gasteiger partial charge in [0.1, 0.15) is 24.3 Å². The summed E-state index contributed by atoms with van der Waals surface area (Å²) in [5, 5.41) is 3.04. The van der Waals surface area contributed by atoms with E-state index in [1.54, 1.807) is 6.92 Å². The molecule has 2 bridgehead atoms. The van der Waals surface area contributed by atoms with Gasteiger partial charge in [-0.05, 0) is 6.92 Å². The summed E-state index contributed by atoms with van der Waals surface area (Å²) in [6.45, 7) is 3.35. The molecule has 8 nitrogen and oxygen atoms in total. The smallest absolute Gasteiger partial charge is 0.332 e. The Kier molecular flexibility index (Phi) is 2.89. The number of nitrogens with one attached hydrogen (secondary N) is 2. The van der Waals surface area contributed by atoms with Crippen molar-refractivity contribution in [2.75, 3.05) is 11.9 Å². The van der Waals surface area contributed by atoms with E-state index in [1.165, 1.54) is 11.5 Å². The van der Waals surface area contributed by atoms with E-state index in [1.807, 2.05) is 0 Å². The average molecular weight is 281 g/mol. The van der Waals surface area contributed by atoms with Gasteiger partial charge in [-0.2, -0.15) is 0 Å². The first-order chi connectivity index (χ1) is 9.47. The van der Waals surface area contributed by atoms with Crippen LogP contribution in [0.25, 0.3) is 0 Å². The first-order valence-electron chi connectivity index (χ1n) is 6.39. The molecule has 2 aliphatic rings. The van der Waals surface area contributed by atoms with Crippen molar-refractivity contribution in [2.24, 2.45) is 0 Å². The zero-order valence-electron chi connectivity index (χ0n) is 11.1. The second kappa shape index (κ2) is 4.48. The fourth-order valence-electron chi connectivity index (χ4n) is 2.71. The molecule has 0 aliphatic carbocycles. The lowest BCUT2D eigenvalue weighted by atomic mass is 10.1.